The third-order valence-corrected chi connectivity index (χ3v) is 2.58. The quantitative estimate of drug-likeness (QED) is 0.835. The second-order valence-electron chi connectivity index (χ2n) is 3.67. The van der Waals surface area contributed by atoms with E-state index >= 15 is 0 Å². The number of nitrogens with two attached hydrogens (primary N) is 1. The number of methoxy groups -OCH3 is 1. The molecule has 0 aliphatic rings. The van der Waals surface area contributed by atoms with E-state index in [2.05, 4.69) is 0 Å². The van der Waals surface area contributed by atoms with E-state index in [1.54, 1.807) is 7.11 Å². The van der Waals surface area contributed by atoms with Gasteiger partial charge in [-0.3, -0.25) is 0 Å². The average Bonchev–Trinajstić information content (AvgIpc) is 2.16. The van der Waals surface area contributed by atoms with Crippen LogP contribution in [0.3, 0.4) is 0 Å². The predicted molar refractivity (Wildman–Crippen MR) is 59.5 cm³/mol. The Balaban J connectivity index is 2.75. The molecule has 0 aromatic heterocycles. The smallest absolute Gasteiger partial charge is 0.0482 e. The third kappa shape index (κ3) is 2.98. The Morgan fingerprint density at radius 2 is 1.93 bits per heavy atom. The number of ether oxygens (including phenoxy) is 1. The van der Waals surface area contributed by atoms with Crippen LogP contribution in [0.1, 0.15) is 18.9 Å². The number of benzene rings is 1. The fourth-order valence-electron chi connectivity index (χ4n) is 1.29. The first-order valence-corrected chi connectivity index (χ1v) is 4.98. The van der Waals surface area contributed by atoms with Crippen LogP contribution >= 0.6 is 11.6 Å². The summed E-state index contributed by atoms with van der Waals surface area (Å²) in [4.78, 5) is 0. The van der Waals surface area contributed by atoms with E-state index in [9.17, 15) is 0 Å². The molecule has 0 aliphatic carbocycles. The number of halogens is 1. The summed E-state index contributed by atoms with van der Waals surface area (Å²) >= 11 is 5.80. The van der Waals surface area contributed by atoms with Crippen LogP contribution in [0.4, 0.5) is 0 Å². The van der Waals surface area contributed by atoms with Crippen LogP contribution in [-0.4, -0.2) is 13.7 Å². The van der Waals surface area contributed by atoms with E-state index in [4.69, 9.17) is 22.1 Å². The zero-order chi connectivity index (χ0) is 10.6. The molecule has 0 radical (unpaired) electrons. The van der Waals surface area contributed by atoms with E-state index < -0.39 is 0 Å². The van der Waals surface area contributed by atoms with Gasteiger partial charge in [0.05, 0.1) is 0 Å². The second kappa shape index (κ2) is 4.78. The second-order valence-corrected chi connectivity index (χ2v) is 4.10. The van der Waals surface area contributed by atoms with Gasteiger partial charge in [-0.1, -0.05) is 23.7 Å². The lowest BCUT2D eigenvalue weighted by Crippen LogP contribution is -2.34. The Bertz CT molecular complexity index is 282. The summed E-state index contributed by atoms with van der Waals surface area (Å²) in [6.45, 7) is 2.66. The molecule has 0 saturated carbocycles. The topological polar surface area (TPSA) is 35.2 Å². The molecule has 1 aromatic carbocycles. The normalized spacial score (nSPS) is 15.1. The Morgan fingerprint density at radius 1 is 1.36 bits per heavy atom. The lowest BCUT2D eigenvalue weighted by molar-refractivity contribution is 0.172. The molecule has 0 aliphatic heterocycles. The Morgan fingerprint density at radius 3 is 2.43 bits per heavy atom. The summed E-state index contributed by atoms with van der Waals surface area (Å²) in [5.74, 6) is 0. The lowest BCUT2D eigenvalue weighted by atomic mass is 9.90. The van der Waals surface area contributed by atoms with E-state index in [1.165, 1.54) is 0 Å². The van der Waals surface area contributed by atoms with Gasteiger partial charge in [-0.15, -0.1) is 0 Å². The van der Waals surface area contributed by atoms with Crippen molar-refractivity contribution in [2.45, 2.75) is 18.9 Å². The Hall–Kier alpha value is -0.570. The zero-order valence-electron chi connectivity index (χ0n) is 8.59. The van der Waals surface area contributed by atoms with Gasteiger partial charge in [0.2, 0.25) is 0 Å². The molecule has 2 N–H and O–H groups in total. The summed E-state index contributed by atoms with van der Waals surface area (Å²) in [5, 5.41) is 0.733. The number of hydrogen-bond donors (Lipinski definition) is 1. The molecule has 0 spiro atoms. The van der Waals surface area contributed by atoms with Crippen LogP contribution < -0.4 is 5.73 Å². The largest absolute Gasteiger partial charge is 0.385 e. The lowest BCUT2D eigenvalue weighted by Gasteiger charge is -2.24. The van der Waals surface area contributed by atoms with Gasteiger partial charge < -0.3 is 10.5 Å². The van der Waals surface area contributed by atoms with Crippen LogP contribution in [0, 0.1) is 0 Å². The molecule has 1 atom stereocenters. The van der Waals surface area contributed by atoms with Crippen molar-refractivity contribution in [1.29, 1.82) is 0 Å². The summed E-state index contributed by atoms with van der Waals surface area (Å²) in [6.07, 6.45) is 0.797. The van der Waals surface area contributed by atoms with Crippen molar-refractivity contribution >= 4 is 11.6 Å². The van der Waals surface area contributed by atoms with E-state index in [-0.39, 0.29) is 5.54 Å². The third-order valence-electron chi connectivity index (χ3n) is 2.33. The molecule has 0 saturated heterocycles. The SMILES string of the molecule is COCCC(C)(N)c1ccc(Cl)cc1. The summed E-state index contributed by atoms with van der Waals surface area (Å²) in [5.41, 5.74) is 6.89. The van der Waals surface area contributed by atoms with E-state index in [0.717, 1.165) is 17.0 Å². The van der Waals surface area contributed by atoms with Crippen molar-refractivity contribution in [2.75, 3.05) is 13.7 Å². The van der Waals surface area contributed by atoms with Crippen molar-refractivity contribution < 1.29 is 4.74 Å². The highest BCUT2D eigenvalue weighted by Crippen LogP contribution is 2.22. The first kappa shape index (κ1) is 11.5. The number of rotatable bonds is 4. The molecule has 0 bridgehead atoms. The van der Waals surface area contributed by atoms with Gasteiger partial charge in [0.1, 0.15) is 0 Å². The highest BCUT2D eigenvalue weighted by atomic mass is 35.5. The molecule has 1 aromatic rings. The van der Waals surface area contributed by atoms with E-state index in [1.807, 2.05) is 31.2 Å². The van der Waals surface area contributed by atoms with Crippen LogP contribution in [-0.2, 0) is 10.3 Å². The molecule has 3 heteroatoms. The fourth-order valence-corrected chi connectivity index (χ4v) is 1.42. The number of hydrogen-bond acceptors (Lipinski definition) is 2. The first-order chi connectivity index (χ1) is 6.56. The fraction of sp³-hybridized carbons (Fsp3) is 0.455. The highest BCUT2D eigenvalue weighted by molar-refractivity contribution is 6.30. The molecule has 1 unspecified atom stereocenters. The molecule has 1 rings (SSSR count). The monoisotopic (exact) mass is 213 g/mol. The van der Waals surface area contributed by atoms with Gasteiger partial charge in [-0.25, -0.2) is 0 Å². The van der Waals surface area contributed by atoms with Crippen molar-refractivity contribution in [3.8, 4) is 0 Å². The van der Waals surface area contributed by atoms with Crippen LogP contribution in [0.2, 0.25) is 5.02 Å². The van der Waals surface area contributed by atoms with E-state index in [0.29, 0.717) is 6.61 Å². The molecular weight excluding hydrogens is 198 g/mol. The van der Waals surface area contributed by atoms with Gasteiger partial charge in [0, 0.05) is 24.3 Å². The Labute approximate surface area is 90.0 Å². The maximum Gasteiger partial charge on any atom is 0.0482 e. The summed E-state index contributed by atoms with van der Waals surface area (Å²) in [7, 11) is 1.68. The zero-order valence-corrected chi connectivity index (χ0v) is 9.34. The minimum atomic E-state index is -0.347. The molecule has 0 heterocycles. The van der Waals surface area contributed by atoms with Crippen LogP contribution in [0.15, 0.2) is 24.3 Å². The van der Waals surface area contributed by atoms with Crippen LogP contribution in [0.5, 0.6) is 0 Å². The molecular formula is C11H16ClNO. The molecule has 2 nitrogen and oxygen atoms in total. The predicted octanol–water partition coefficient (Wildman–Crippen LogP) is 2.55. The van der Waals surface area contributed by atoms with Gasteiger partial charge in [-0.2, -0.15) is 0 Å². The molecule has 78 valence electrons. The van der Waals surface area contributed by atoms with Crippen molar-refractivity contribution in [2.24, 2.45) is 5.73 Å². The van der Waals surface area contributed by atoms with Crippen LogP contribution in [0.25, 0.3) is 0 Å². The standard InChI is InChI=1S/C11H16ClNO/c1-11(13,7-8-14-2)9-3-5-10(12)6-4-9/h3-6H,7-8,13H2,1-2H3. The first-order valence-electron chi connectivity index (χ1n) is 4.60. The minimum Gasteiger partial charge on any atom is -0.385 e. The Kier molecular flexibility index (Phi) is 3.93. The average molecular weight is 214 g/mol. The van der Waals surface area contributed by atoms with Gasteiger partial charge in [-0.05, 0) is 31.0 Å². The van der Waals surface area contributed by atoms with Crippen molar-refractivity contribution in [3.63, 3.8) is 0 Å². The minimum absolute atomic E-state index is 0.347. The molecule has 14 heavy (non-hydrogen) atoms. The highest BCUT2D eigenvalue weighted by Gasteiger charge is 2.20. The maximum absolute atomic E-state index is 6.15. The molecule has 0 fully saturated rings. The van der Waals surface area contributed by atoms with Gasteiger partial charge >= 0.3 is 0 Å². The molecule has 0 amide bonds. The van der Waals surface area contributed by atoms with Crippen molar-refractivity contribution in [3.05, 3.63) is 34.9 Å². The van der Waals surface area contributed by atoms with Gasteiger partial charge in [0.25, 0.3) is 0 Å². The van der Waals surface area contributed by atoms with Crippen molar-refractivity contribution in [1.82, 2.24) is 0 Å². The summed E-state index contributed by atoms with van der Waals surface area (Å²) < 4.78 is 5.02. The maximum atomic E-state index is 6.15. The van der Waals surface area contributed by atoms with Gasteiger partial charge in [0.15, 0.2) is 0 Å². The summed E-state index contributed by atoms with van der Waals surface area (Å²) in [6, 6.07) is 7.62.